The first-order valence-corrected chi connectivity index (χ1v) is 8.38. The summed E-state index contributed by atoms with van der Waals surface area (Å²) < 4.78 is 31.7. The number of benzene rings is 2. The average Bonchev–Trinajstić information content (AvgIpc) is 2.59. The van der Waals surface area contributed by atoms with Crippen LogP contribution in [-0.4, -0.2) is 27.0 Å². The second kappa shape index (κ2) is 7.14. The van der Waals surface area contributed by atoms with Crippen LogP contribution in [0.3, 0.4) is 0 Å². The second-order valence-electron chi connectivity index (χ2n) is 4.79. The van der Waals surface area contributed by atoms with E-state index in [9.17, 15) is 18.5 Å². The van der Waals surface area contributed by atoms with Crippen LogP contribution in [0.4, 0.5) is 11.4 Å². The fourth-order valence-electron chi connectivity index (χ4n) is 2.02. The normalized spacial score (nSPS) is 10.9. The van der Waals surface area contributed by atoms with Crippen molar-refractivity contribution in [2.75, 3.05) is 18.0 Å². The van der Waals surface area contributed by atoms with Crippen LogP contribution >= 0.6 is 0 Å². The molecule has 2 rings (SSSR count). The van der Waals surface area contributed by atoms with Gasteiger partial charge in [-0.1, -0.05) is 24.8 Å². The lowest BCUT2D eigenvalue weighted by Gasteiger charge is -2.19. The van der Waals surface area contributed by atoms with Crippen molar-refractivity contribution in [3.63, 3.8) is 0 Å². The van der Waals surface area contributed by atoms with Crippen molar-refractivity contribution in [2.24, 2.45) is 0 Å². The molecule has 0 unspecified atom stereocenters. The molecule has 8 heteroatoms. The van der Waals surface area contributed by atoms with Crippen LogP contribution in [0, 0.1) is 10.1 Å². The maximum absolute atomic E-state index is 12.7. The summed E-state index contributed by atoms with van der Waals surface area (Å²) >= 11 is 0. The van der Waals surface area contributed by atoms with Crippen LogP contribution in [0.2, 0.25) is 0 Å². The Morgan fingerprint density at radius 3 is 2.42 bits per heavy atom. The Bertz CT molecular complexity index is 847. The fourth-order valence-corrected chi connectivity index (χ4v) is 3.37. The van der Waals surface area contributed by atoms with Gasteiger partial charge in [0.2, 0.25) is 0 Å². The molecule has 0 radical (unpaired) electrons. The first-order valence-electron chi connectivity index (χ1n) is 6.94. The van der Waals surface area contributed by atoms with Gasteiger partial charge in [-0.15, -0.1) is 0 Å². The van der Waals surface area contributed by atoms with Gasteiger partial charge in [0.1, 0.15) is 12.4 Å². The largest absolute Gasteiger partial charge is 0.490 e. The maximum atomic E-state index is 12.7. The molecule has 7 nitrogen and oxygen atoms in total. The summed E-state index contributed by atoms with van der Waals surface area (Å²) in [7, 11) is -2.72. The minimum Gasteiger partial charge on any atom is -0.490 e. The molecule has 0 saturated carbocycles. The minimum absolute atomic E-state index is 0.337. The van der Waals surface area contributed by atoms with Crippen molar-refractivity contribution in [1.82, 2.24) is 0 Å². The number of anilines is 1. The highest BCUT2D eigenvalue weighted by Gasteiger charge is 2.29. The molecule has 2 aromatic rings. The smallest absolute Gasteiger partial charge is 0.289 e. The second-order valence-corrected chi connectivity index (χ2v) is 6.73. The third-order valence-corrected chi connectivity index (χ3v) is 5.10. The SMILES string of the molecule is C=CCOc1ccc(N(C)S(=O)(=O)c2ccccc2[N+](=O)[O-])cc1. The van der Waals surface area contributed by atoms with E-state index >= 15 is 0 Å². The quantitative estimate of drug-likeness (QED) is 0.436. The zero-order valence-corrected chi connectivity index (χ0v) is 13.8. The van der Waals surface area contributed by atoms with Crippen LogP contribution in [-0.2, 0) is 10.0 Å². The van der Waals surface area contributed by atoms with E-state index in [1.165, 1.54) is 25.2 Å². The minimum atomic E-state index is -4.06. The molecule has 0 aliphatic rings. The van der Waals surface area contributed by atoms with Crippen LogP contribution in [0.5, 0.6) is 5.75 Å². The highest BCUT2D eigenvalue weighted by Crippen LogP contribution is 2.29. The summed E-state index contributed by atoms with van der Waals surface area (Å²) in [6.45, 7) is 3.88. The van der Waals surface area contributed by atoms with Gasteiger partial charge in [0.15, 0.2) is 4.90 Å². The topological polar surface area (TPSA) is 89.8 Å². The summed E-state index contributed by atoms with van der Waals surface area (Å²) in [5, 5.41) is 11.1. The van der Waals surface area contributed by atoms with E-state index in [-0.39, 0.29) is 4.90 Å². The van der Waals surface area contributed by atoms with Crippen molar-refractivity contribution < 1.29 is 18.1 Å². The van der Waals surface area contributed by atoms with Crippen molar-refractivity contribution in [1.29, 1.82) is 0 Å². The number of hydrogen-bond acceptors (Lipinski definition) is 5. The Labute approximate surface area is 140 Å². The van der Waals surface area contributed by atoms with Crippen molar-refractivity contribution in [2.45, 2.75) is 4.90 Å². The van der Waals surface area contributed by atoms with E-state index in [0.717, 1.165) is 10.4 Å². The number of rotatable bonds is 7. The van der Waals surface area contributed by atoms with Crippen molar-refractivity contribution >= 4 is 21.4 Å². The molecule has 126 valence electrons. The van der Waals surface area contributed by atoms with Gasteiger partial charge in [0, 0.05) is 13.1 Å². The van der Waals surface area contributed by atoms with Gasteiger partial charge in [-0.2, -0.15) is 0 Å². The number of nitro benzene ring substituents is 1. The summed E-state index contributed by atoms with van der Waals surface area (Å²) in [4.78, 5) is 10.00. The lowest BCUT2D eigenvalue weighted by atomic mass is 10.3. The Balaban J connectivity index is 2.36. The number of nitro groups is 1. The summed E-state index contributed by atoms with van der Waals surface area (Å²) in [5.41, 5.74) is -0.102. The Morgan fingerprint density at radius 2 is 1.83 bits per heavy atom. The Morgan fingerprint density at radius 1 is 1.21 bits per heavy atom. The third-order valence-electron chi connectivity index (χ3n) is 3.27. The Kier molecular flexibility index (Phi) is 5.20. The van der Waals surface area contributed by atoms with Gasteiger partial charge in [0.25, 0.3) is 15.7 Å². The first kappa shape index (κ1) is 17.5. The van der Waals surface area contributed by atoms with E-state index in [1.54, 1.807) is 30.3 Å². The number of hydrogen-bond donors (Lipinski definition) is 0. The van der Waals surface area contributed by atoms with E-state index in [0.29, 0.717) is 18.0 Å². The zero-order valence-electron chi connectivity index (χ0n) is 13.0. The fraction of sp³-hybridized carbons (Fsp3) is 0.125. The van der Waals surface area contributed by atoms with E-state index in [1.807, 2.05) is 0 Å². The monoisotopic (exact) mass is 348 g/mol. The van der Waals surface area contributed by atoms with E-state index < -0.39 is 20.6 Å². The van der Waals surface area contributed by atoms with Gasteiger partial charge in [-0.25, -0.2) is 8.42 Å². The van der Waals surface area contributed by atoms with Gasteiger partial charge >= 0.3 is 0 Å². The molecular weight excluding hydrogens is 332 g/mol. The predicted molar refractivity (Wildman–Crippen MR) is 90.8 cm³/mol. The molecule has 0 N–H and O–H groups in total. The maximum Gasteiger partial charge on any atom is 0.289 e. The van der Waals surface area contributed by atoms with Crippen LogP contribution < -0.4 is 9.04 Å². The average molecular weight is 348 g/mol. The lowest BCUT2D eigenvalue weighted by molar-refractivity contribution is -0.387. The van der Waals surface area contributed by atoms with Crippen LogP contribution in [0.1, 0.15) is 0 Å². The molecule has 0 spiro atoms. The standard InChI is InChI=1S/C16H16N2O5S/c1-3-12-23-14-10-8-13(9-11-14)17(2)24(21,22)16-7-5-4-6-15(16)18(19)20/h3-11H,1,12H2,2H3. The highest BCUT2D eigenvalue weighted by atomic mass is 32.2. The van der Waals surface area contributed by atoms with E-state index in [2.05, 4.69) is 6.58 Å². The predicted octanol–water partition coefficient (Wildman–Crippen LogP) is 2.98. The van der Waals surface area contributed by atoms with Gasteiger partial charge in [-0.3, -0.25) is 14.4 Å². The summed E-state index contributed by atoms with van der Waals surface area (Å²) in [5.74, 6) is 0.565. The number of para-hydroxylation sites is 1. The molecule has 0 bridgehead atoms. The molecule has 0 aliphatic heterocycles. The van der Waals surface area contributed by atoms with Crippen molar-refractivity contribution in [3.8, 4) is 5.75 Å². The molecule has 2 aromatic carbocycles. The summed E-state index contributed by atoms with van der Waals surface area (Å²) in [6.07, 6.45) is 1.60. The zero-order chi connectivity index (χ0) is 17.7. The third kappa shape index (κ3) is 3.54. The van der Waals surface area contributed by atoms with Gasteiger partial charge in [0.05, 0.1) is 10.6 Å². The molecule has 0 heterocycles. The number of nitrogens with zero attached hydrogens (tertiary/aromatic N) is 2. The molecule has 0 saturated heterocycles. The van der Waals surface area contributed by atoms with Gasteiger partial charge in [-0.05, 0) is 30.3 Å². The lowest BCUT2D eigenvalue weighted by Crippen LogP contribution is -2.27. The molecule has 0 aliphatic carbocycles. The van der Waals surface area contributed by atoms with Gasteiger partial charge < -0.3 is 4.74 Å². The summed E-state index contributed by atoms with van der Waals surface area (Å²) in [6, 6.07) is 11.6. The first-order chi connectivity index (χ1) is 11.4. The molecule has 0 atom stereocenters. The number of sulfonamides is 1. The highest BCUT2D eigenvalue weighted by molar-refractivity contribution is 7.93. The van der Waals surface area contributed by atoms with Crippen molar-refractivity contribution in [3.05, 3.63) is 71.3 Å². The van der Waals surface area contributed by atoms with Crippen LogP contribution in [0.15, 0.2) is 66.1 Å². The van der Waals surface area contributed by atoms with Crippen LogP contribution in [0.25, 0.3) is 0 Å². The molecule has 0 amide bonds. The van der Waals surface area contributed by atoms with E-state index in [4.69, 9.17) is 4.74 Å². The molecular formula is C16H16N2O5S. The molecule has 0 fully saturated rings. The molecule has 24 heavy (non-hydrogen) atoms. The molecule has 0 aromatic heterocycles. The Hall–Kier alpha value is -2.87. The number of ether oxygens (including phenoxy) is 1.